The third-order valence-corrected chi connectivity index (χ3v) is 12.5. The molecule has 3 fully saturated rings. The van der Waals surface area contributed by atoms with Crippen LogP contribution in [0.3, 0.4) is 0 Å². The van der Waals surface area contributed by atoms with Crippen LogP contribution in [0.1, 0.15) is 64.2 Å². The van der Waals surface area contributed by atoms with Gasteiger partial charge in [-0.15, -0.1) is 11.6 Å². The van der Waals surface area contributed by atoms with Crippen molar-refractivity contribution in [2.24, 2.45) is 0 Å². The molecule has 0 amide bonds. The molecule has 2 saturated carbocycles. The molecule has 19 heavy (non-hydrogen) atoms. The lowest BCUT2D eigenvalue weighted by Crippen LogP contribution is -2.53. The van der Waals surface area contributed by atoms with Gasteiger partial charge in [0.05, 0.1) is 14.7 Å². The van der Waals surface area contributed by atoms with Gasteiger partial charge >= 0.3 is 0 Å². The molecular weight excluding hydrogens is 286 g/mol. The van der Waals surface area contributed by atoms with Crippen molar-refractivity contribution in [2.45, 2.75) is 86.3 Å². The van der Waals surface area contributed by atoms with Crippen LogP contribution in [0.5, 0.6) is 0 Å². The molecule has 0 aromatic rings. The number of nitrogens with zero attached hydrogens (tertiary/aromatic N) is 1. The normalized spacial score (nSPS) is 40.6. The minimum absolute atomic E-state index is 0.0181. The molecule has 2 aliphatic carbocycles. The zero-order valence-electron chi connectivity index (χ0n) is 12.4. The first kappa shape index (κ1) is 14.6. The Balaban J connectivity index is 1.67. The predicted molar refractivity (Wildman–Crippen MR) is 90.9 cm³/mol. The summed E-state index contributed by atoms with van der Waals surface area (Å²) in [5.74, 6) is 0. The summed E-state index contributed by atoms with van der Waals surface area (Å²) < 4.78 is 2.84. The standard InChI is InChI=1S/C15H30ClNSi2/c16-15(17-11-5-6-12-18-17)10-4-3-9-14(15)19-13-7-1-2-8-13/h13-14H,1-12,18-19H2. The molecule has 1 saturated heterocycles. The smallest absolute Gasteiger partial charge is 0.0971 e. The molecule has 110 valence electrons. The van der Waals surface area contributed by atoms with Crippen LogP contribution in [0, 0.1) is 0 Å². The van der Waals surface area contributed by atoms with Crippen molar-refractivity contribution >= 4 is 30.8 Å². The molecule has 1 nitrogen and oxygen atoms in total. The number of hydrogen-bond donors (Lipinski definition) is 0. The maximum atomic E-state index is 7.29. The van der Waals surface area contributed by atoms with Gasteiger partial charge in [0.25, 0.3) is 0 Å². The minimum Gasteiger partial charge on any atom is -0.312 e. The zero-order valence-corrected chi connectivity index (χ0v) is 16.0. The van der Waals surface area contributed by atoms with Crippen LogP contribution in [0.2, 0.25) is 17.1 Å². The maximum Gasteiger partial charge on any atom is 0.0971 e. The molecule has 0 bridgehead atoms. The third kappa shape index (κ3) is 3.30. The van der Waals surface area contributed by atoms with E-state index >= 15 is 0 Å². The lowest BCUT2D eigenvalue weighted by Gasteiger charge is -2.49. The Hall–Kier alpha value is 0.684. The quantitative estimate of drug-likeness (QED) is 0.438. The number of alkyl halides is 1. The summed E-state index contributed by atoms with van der Waals surface area (Å²) in [6.45, 7) is 1.34. The van der Waals surface area contributed by atoms with Crippen molar-refractivity contribution in [1.29, 1.82) is 0 Å². The lowest BCUT2D eigenvalue weighted by molar-refractivity contribution is 0.203. The van der Waals surface area contributed by atoms with Crippen LogP contribution in [0.4, 0.5) is 0 Å². The molecule has 2 unspecified atom stereocenters. The topological polar surface area (TPSA) is 3.24 Å². The van der Waals surface area contributed by atoms with Crippen molar-refractivity contribution in [3.63, 3.8) is 0 Å². The van der Waals surface area contributed by atoms with Gasteiger partial charge in [0.1, 0.15) is 0 Å². The largest absolute Gasteiger partial charge is 0.312 e. The zero-order chi connectivity index (χ0) is 13.1. The molecular formula is C15H30ClNSi2. The van der Waals surface area contributed by atoms with Gasteiger partial charge in [-0.25, -0.2) is 0 Å². The van der Waals surface area contributed by atoms with Crippen LogP contribution in [0.15, 0.2) is 0 Å². The highest BCUT2D eigenvalue weighted by atomic mass is 35.5. The van der Waals surface area contributed by atoms with Gasteiger partial charge in [0, 0.05) is 9.52 Å². The molecule has 2 atom stereocenters. The van der Waals surface area contributed by atoms with Crippen LogP contribution >= 0.6 is 11.6 Å². The van der Waals surface area contributed by atoms with E-state index in [2.05, 4.69) is 4.57 Å². The Morgan fingerprint density at radius 2 is 1.79 bits per heavy atom. The highest BCUT2D eigenvalue weighted by molar-refractivity contribution is 6.45. The summed E-state index contributed by atoms with van der Waals surface area (Å²) in [7, 11) is 0.0233. The van der Waals surface area contributed by atoms with Crippen molar-refractivity contribution in [1.82, 2.24) is 4.57 Å². The average molecular weight is 316 g/mol. The van der Waals surface area contributed by atoms with Crippen LogP contribution in [0.25, 0.3) is 0 Å². The Morgan fingerprint density at radius 3 is 2.53 bits per heavy atom. The molecule has 3 rings (SSSR count). The van der Waals surface area contributed by atoms with Gasteiger partial charge in [0.15, 0.2) is 0 Å². The monoisotopic (exact) mass is 315 g/mol. The number of rotatable bonds is 3. The molecule has 0 spiro atoms. The fourth-order valence-electron chi connectivity index (χ4n) is 4.82. The first-order chi connectivity index (χ1) is 9.29. The van der Waals surface area contributed by atoms with Gasteiger partial charge in [-0.2, -0.15) is 0 Å². The molecule has 1 heterocycles. The van der Waals surface area contributed by atoms with Gasteiger partial charge in [-0.3, -0.25) is 0 Å². The number of halogens is 1. The molecule has 0 aromatic heterocycles. The van der Waals surface area contributed by atoms with E-state index in [4.69, 9.17) is 11.6 Å². The second-order valence-corrected chi connectivity index (χ2v) is 12.4. The van der Waals surface area contributed by atoms with E-state index in [1.165, 1.54) is 64.0 Å². The van der Waals surface area contributed by atoms with Crippen LogP contribution in [-0.2, 0) is 0 Å². The fourth-order valence-corrected chi connectivity index (χ4v) is 11.3. The Bertz CT molecular complexity index is 290. The van der Waals surface area contributed by atoms with Crippen molar-refractivity contribution < 1.29 is 0 Å². The summed E-state index contributed by atoms with van der Waals surface area (Å²) in [5, 5.41) is 0. The van der Waals surface area contributed by atoms with E-state index in [0.717, 1.165) is 11.1 Å². The minimum atomic E-state index is -0.0181. The van der Waals surface area contributed by atoms with E-state index in [9.17, 15) is 0 Å². The Labute approximate surface area is 128 Å². The SMILES string of the molecule is ClC1(N2CCCC[SiH2]2)CCCCC1[SiH2]C1CCCC1. The van der Waals surface area contributed by atoms with E-state index in [1.807, 2.05) is 0 Å². The summed E-state index contributed by atoms with van der Waals surface area (Å²) >= 11 is 7.29. The molecule has 0 N–H and O–H groups in total. The fraction of sp³-hybridized carbons (Fsp3) is 1.00. The number of hydrogen-bond acceptors (Lipinski definition) is 1. The third-order valence-electron chi connectivity index (χ3n) is 5.93. The van der Waals surface area contributed by atoms with Crippen molar-refractivity contribution in [3.05, 3.63) is 0 Å². The Kier molecular flexibility index (Phi) is 5.10. The van der Waals surface area contributed by atoms with Gasteiger partial charge in [0.2, 0.25) is 0 Å². The average Bonchev–Trinajstić information content (AvgIpc) is 2.96. The van der Waals surface area contributed by atoms with E-state index < -0.39 is 0 Å². The summed E-state index contributed by atoms with van der Waals surface area (Å²) in [5.41, 5.74) is 2.09. The second-order valence-electron chi connectivity index (χ2n) is 7.20. The van der Waals surface area contributed by atoms with Gasteiger partial charge in [-0.1, -0.05) is 56.9 Å². The van der Waals surface area contributed by atoms with E-state index in [1.54, 1.807) is 12.8 Å². The summed E-state index contributed by atoms with van der Waals surface area (Å²) in [6, 6.07) is 1.52. The maximum absolute atomic E-state index is 7.29. The van der Waals surface area contributed by atoms with Gasteiger partial charge in [-0.05, 0) is 31.0 Å². The van der Waals surface area contributed by atoms with Gasteiger partial charge < -0.3 is 4.57 Å². The summed E-state index contributed by atoms with van der Waals surface area (Å²) in [4.78, 5) is 0.152. The van der Waals surface area contributed by atoms with E-state index in [-0.39, 0.29) is 24.2 Å². The predicted octanol–water partition coefficient (Wildman–Crippen LogP) is 3.41. The first-order valence-corrected chi connectivity index (χ1v) is 12.4. The molecule has 0 aromatic carbocycles. The second kappa shape index (κ2) is 6.63. The van der Waals surface area contributed by atoms with Crippen LogP contribution < -0.4 is 0 Å². The van der Waals surface area contributed by atoms with Crippen molar-refractivity contribution in [2.75, 3.05) is 6.54 Å². The summed E-state index contributed by atoms with van der Waals surface area (Å²) in [6.07, 6.45) is 14.7. The first-order valence-electron chi connectivity index (χ1n) is 8.73. The lowest BCUT2D eigenvalue weighted by atomic mass is 9.93. The van der Waals surface area contributed by atoms with Crippen LogP contribution in [-0.4, -0.2) is 35.3 Å². The highest BCUT2D eigenvalue weighted by Crippen LogP contribution is 2.48. The molecule has 4 heteroatoms. The molecule has 3 aliphatic rings. The van der Waals surface area contributed by atoms with E-state index in [0.29, 0.717) is 0 Å². The molecule has 1 aliphatic heterocycles. The Morgan fingerprint density at radius 1 is 1.00 bits per heavy atom. The highest BCUT2D eigenvalue weighted by Gasteiger charge is 2.44. The van der Waals surface area contributed by atoms with Crippen molar-refractivity contribution in [3.8, 4) is 0 Å². The molecule has 0 radical (unpaired) electrons.